The van der Waals surface area contributed by atoms with E-state index in [0.717, 1.165) is 0 Å². The number of hydrogen-bond donors (Lipinski definition) is 3. The smallest absolute Gasteiger partial charge is 0.237 e. The van der Waals surface area contributed by atoms with Crippen molar-refractivity contribution in [1.82, 2.24) is 5.32 Å². The molecule has 0 aliphatic heterocycles. The van der Waals surface area contributed by atoms with Crippen LogP contribution in [0.3, 0.4) is 0 Å². The first kappa shape index (κ1) is 16.4. The second kappa shape index (κ2) is 6.33. The highest BCUT2D eigenvalue weighted by Gasteiger charge is 2.29. The van der Waals surface area contributed by atoms with Crippen LogP contribution in [0.1, 0.15) is 34.1 Å². The summed E-state index contributed by atoms with van der Waals surface area (Å²) < 4.78 is 4.89. The Labute approximate surface area is 104 Å². The zero-order valence-electron chi connectivity index (χ0n) is 11.5. The van der Waals surface area contributed by atoms with E-state index < -0.39 is 11.6 Å². The topological polar surface area (TPSA) is 84.6 Å². The number of carbonyl (C=O) groups excluding carboxylic acids is 1. The number of nitrogens with one attached hydrogen (secondary N) is 1. The molecule has 5 heteroatoms. The lowest BCUT2D eigenvalue weighted by Gasteiger charge is -2.28. The molecule has 0 saturated heterocycles. The first-order chi connectivity index (χ1) is 7.60. The Kier molecular flexibility index (Phi) is 6.09. The minimum absolute atomic E-state index is 0.180. The van der Waals surface area contributed by atoms with Gasteiger partial charge in [0.05, 0.1) is 11.6 Å². The molecule has 0 rings (SSSR count). The molecule has 0 heterocycles. The average molecular weight is 246 g/mol. The molecule has 0 aliphatic rings. The molecule has 1 amide bonds. The summed E-state index contributed by atoms with van der Waals surface area (Å²) in [7, 11) is 1.57. The van der Waals surface area contributed by atoms with E-state index in [4.69, 9.17) is 10.5 Å². The van der Waals surface area contributed by atoms with Gasteiger partial charge in [-0.2, -0.15) is 0 Å². The summed E-state index contributed by atoms with van der Waals surface area (Å²) >= 11 is 0. The van der Waals surface area contributed by atoms with Crippen molar-refractivity contribution in [2.45, 2.75) is 45.8 Å². The van der Waals surface area contributed by atoms with Crippen molar-refractivity contribution in [2.24, 2.45) is 11.1 Å². The van der Waals surface area contributed by atoms with Gasteiger partial charge in [0.25, 0.3) is 0 Å². The minimum Gasteiger partial charge on any atom is -0.388 e. The standard InChI is InChI=1S/C12H26N2O3/c1-11(2,3)9(13)10(15)14-8-12(4,16)6-7-17-5/h9,16H,6-8,13H2,1-5H3,(H,14,15)/t9-,12?/m0/s1. The second-order valence-electron chi connectivity index (χ2n) is 5.80. The fourth-order valence-corrected chi connectivity index (χ4v) is 1.19. The predicted molar refractivity (Wildman–Crippen MR) is 67.6 cm³/mol. The quantitative estimate of drug-likeness (QED) is 0.628. The van der Waals surface area contributed by atoms with E-state index in [2.05, 4.69) is 5.32 Å². The SMILES string of the molecule is COCCC(C)(O)CNC(=O)[C@H](N)C(C)(C)C. The largest absolute Gasteiger partial charge is 0.388 e. The van der Waals surface area contributed by atoms with Gasteiger partial charge in [-0.05, 0) is 12.3 Å². The summed E-state index contributed by atoms with van der Waals surface area (Å²) in [4.78, 5) is 11.7. The Hall–Kier alpha value is -0.650. The van der Waals surface area contributed by atoms with Crippen molar-refractivity contribution < 1.29 is 14.6 Å². The summed E-state index contributed by atoms with van der Waals surface area (Å²) in [6.07, 6.45) is 0.467. The summed E-state index contributed by atoms with van der Waals surface area (Å²) in [6, 6.07) is -0.583. The van der Waals surface area contributed by atoms with Crippen LogP contribution in [0.2, 0.25) is 0 Å². The van der Waals surface area contributed by atoms with Gasteiger partial charge in [0.2, 0.25) is 5.91 Å². The molecule has 0 aliphatic carbocycles. The van der Waals surface area contributed by atoms with E-state index in [1.807, 2.05) is 20.8 Å². The highest BCUT2D eigenvalue weighted by atomic mass is 16.5. The van der Waals surface area contributed by atoms with Gasteiger partial charge in [0, 0.05) is 26.7 Å². The maximum atomic E-state index is 11.7. The zero-order valence-corrected chi connectivity index (χ0v) is 11.5. The fraction of sp³-hybridized carbons (Fsp3) is 0.917. The van der Waals surface area contributed by atoms with Crippen molar-refractivity contribution >= 4 is 5.91 Å². The monoisotopic (exact) mass is 246 g/mol. The minimum atomic E-state index is -0.969. The normalized spacial score (nSPS) is 17.4. The average Bonchev–Trinajstić information content (AvgIpc) is 2.21. The van der Waals surface area contributed by atoms with Gasteiger partial charge in [-0.1, -0.05) is 20.8 Å². The van der Waals surface area contributed by atoms with Crippen LogP contribution in [0.5, 0.6) is 0 Å². The Morgan fingerprint density at radius 3 is 2.35 bits per heavy atom. The summed E-state index contributed by atoms with van der Waals surface area (Å²) in [5, 5.41) is 12.6. The summed E-state index contributed by atoms with van der Waals surface area (Å²) in [5.41, 5.74) is 4.55. The lowest BCUT2D eigenvalue weighted by atomic mass is 9.87. The third kappa shape index (κ3) is 6.61. The molecule has 102 valence electrons. The first-order valence-electron chi connectivity index (χ1n) is 5.85. The van der Waals surface area contributed by atoms with E-state index in [9.17, 15) is 9.90 Å². The van der Waals surface area contributed by atoms with Gasteiger partial charge in [0.15, 0.2) is 0 Å². The van der Waals surface area contributed by atoms with Crippen molar-refractivity contribution in [3.8, 4) is 0 Å². The highest BCUT2D eigenvalue weighted by molar-refractivity contribution is 5.82. The number of hydrogen-bond acceptors (Lipinski definition) is 4. The lowest BCUT2D eigenvalue weighted by Crippen LogP contribution is -2.52. The van der Waals surface area contributed by atoms with Crippen LogP contribution < -0.4 is 11.1 Å². The van der Waals surface area contributed by atoms with Crippen molar-refractivity contribution in [1.29, 1.82) is 0 Å². The molecule has 0 fully saturated rings. The third-order valence-corrected chi connectivity index (χ3v) is 2.70. The zero-order chi connectivity index (χ0) is 13.7. The lowest BCUT2D eigenvalue weighted by molar-refractivity contribution is -0.125. The van der Waals surface area contributed by atoms with Gasteiger partial charge >= 0.3 is 0 Å². The molecule has 0 spiro atoms. The van der Waals surface area contributed by atoms with E-state index in [1.165, 1.54) is 0 Å². The van der Waals surface area contributed by atoms with Crippen LogP contribution in [0.25, 0.3) is 0 Å². The van der Waals surface area contributed by atoms with Gasteiger partial charge in [-0.25, -0.2) is 0 Å². The van der Waals surface area contributed by atoms with Crippen molar-refractivity contribution in [3.63, 3.8) is 0 Å². The molecule has 17 heavy (non-hydrogen) atoms. The van der Waals surface area contributed by atoms with Crippen molar-refractivity contribution in [2.75, 3.05) is 20.3 Å². The predicted octanol–water partition coefficient (Wildman–Crippen LogP) is 0.264. The summed E-state index contributed by atoms with van der Waals surface area (Å²) in [6.45, 7) is 8.00. The maximum Gasteiger partial charge on any atom is 0.237 e. The molecular formula is C12H26N2O3. The maximum absolute atomic E-state index is 11.7. The number of aliphatic hydroxyl groups is 1. The number of methoxy groups -OCH3 is 1. The summed E-state index contributed by atoms with van der Waals surface area (Å²) in [5.74, 6) is -0.241. The molecular weight excluding hydrogens is 220 g/mol. The molecule has 4 N–H and O–H groups in total. The van der Waals surface area contributed by atoms with Crippen molar-refractivity contribution in [3.05, 3.63) is 0 Å². The number of rotatable bonds is 6. The fourth-order valence-electron chi connectivity index (χ4n) is 1.19. The Morgan fingerprint density at radius 1 is 1.41 bits per heavy atom. The molecule has 5 nitrogen and oxygen atoms in total. The van der Waals surface area contributed by atoms with E-state index in [-0.39, 0.29) is 17.9 Å². The molecule has 0 aromatic rings. The van der Waals surface area contributed by atoms with Crippen LogP contribution in [0.15, 0.2) is 0 Å². The second-order valence-corrected chi connectivity index (χ2v) is 5.80. The number of ether oxygens (including phenoxy) is 1. The molecule has 0 bridgehead atoms. The van der Waals surface area contributed by atoms with Crippen LogP contribution in [0.4, 0.5) is 0 Å². The van der Waals surface area contributed by atoms with Gasteiger partial charge in [-0.3, -0.25) is 4.79 Å². The molecule has 0 radical (unpaired) electrons. The third-order valence-electron chi connectivity index (χ3n) is 2.70. The first-order valence-corrected chi connectivity index (χ1v) is 5.85. The van der Waals surface area contributed by atoms with Gasteiger partial charge in [0.1, 0.15) is 0 Å². The Bertz CT molecular complexity index is 247. The Morgan fingerprint density at radius 2 is 1.94 bits per heavy atom. The molecule has 2 atom stereocenters. The molecule has 1 unspecified atom stereocenters. The van der Waals surface area contributed by atoms with Gasteiger partial charge < -0.3 is 20.9 Å². The number of nitrogens with two attached hydrogens (primary N) is 1. The Balaban J connectivity index is 4.15. The molecule has 0 saturated carbocycles. The number of carbonyl (C=O) groups is 1. The molecule has 0 aromatic carbocycles. The van der Waals surface area contributed by atoms with Crippen LogP contribution in [0, 0.1) is 5.41 Å². The van der Waals surface area contributed by atoms with Crippen LogP contribution in [-0.4, -0.2) is 42.9 Å². The molecule has 0 aromatic heterocycles. The van der Waals surface area contributed by atoms with Crippen LogP contribution in [-0.2, 0) is 9.53 Å². The van der Waals surface area contributed by atoms with E-state index in [0.29, 0.717) is 13.0 Å². The van der Waals surface area contributed by atoms with Crippen LogP contribution >= 0.6 is 0 Å². The van der Waals surface area contributed by atoms with E-state index in [1.54, 1.807) is 14.0 Å². The van der Waals surface area contributed by atoms with Gasteiger partial charge in [-0.15, -0.1) is 0 Å². The highest BCUT2D eigenvalue weighted by Crippen LogP contribution is 2.17. The van der Waals surface area contributed by atoms with E-state index >= 15 is 0 Å². The number of amides is 1.